The van der Waals surface area contributed by atoms with Crippen molar-refractivity contribution in [2.45, 2.75) is 38.3 Å². The van der Waals surface area contributed by atoms with Gasteiger partial charge in [0.2, 0.25) is 5.91 Å². The Kier molecular flexibility index (Phi) is 4.09. The van der Waals surface area contributed by atoms with Gasteiger partial charge in [0.15, 0.2) is 0 Å². The molecule has 1 amide bonds. The topological polar surface area (TPSA) is 54.0 Å². The molecule has 1 aromatic rings. The fourth-order valence-electron chi connectivity index (χ4n) is 2.20. The summed E-state index contributed by atoms with van der Waals surface area (Å²) in [6.07, 6.45) is 6.31. The van der Waals surface area contributed by atoms with Gasteiger partial charge in [0.05, 0.1) is 0 Å². The summed E-state index contributed by atoms with van der Waals surface area (Å²) in [5, 5.41) is 6.40. The van der Waals surface area contributed by atoms with Gasteiger partial charge in [-0.3, -0.25) is 9.78 Å². The van der Waals surface area contributed by atoms with E-state index in [0.717, 1.165) is 24.9 Å². The van der Waals surface area contributed by atoms with Crippen molar-refractivity contribution in [2.24, 2.45) is 0 Å². The number of amides is 1. The fraction of sp³-hybridized carbons (Fsp3) is 0.538. The second-order valence-corrected chi connectivity index (χ2v) is 4.57. The van der Waals surface area contributed by atoms with E-state index in [9.17, 15) is 4.79 Å². The summed E-state index contributed by atoms with van der Waals surface area (Å²) >= 11 is 0. The molecule has 1 fully saturated rings. The van der Waals surface area contributed by atoms with Gasteiger partial charge in [0.25, 0.3) is 0 Å². The minimum atomic E-state index is 0.151. The molecule has 1 saturated heterocycles. The Morgan fingerprint density at radius 3 is 3.24 bits per heavy atom. The van der Waals surface area contributed by atoms with Crippen LogP contribution in [0.3, 0.4) is 0 Å². The standard InChI is InChI=1S/C13H19N3O/c1-10(11-4-2-6-14-9-11)16-12-5-3-7-15-13(17)8-12/h2,4,6,9-10,12,16H,3,5,7-8H2,1H3,(H,15,17). The van der Waals surface area contributed by atoms with Gasteiger partial charge in [-0.2, -0.15) is 0 Å². The fourth-order valence-corrected chi connectivity index (χ4v) is 2.20. The Balaban J connectivity index is 1.93. The van der Waals surface area contributed by atoms with Crippen LogP contribution in [0.2, 0.25) is 0 Å². The van der Waals surface area contributed by atoms with E-state index in [1.54, 1.807) is 6.20 Å². The lowest BCUT2D eigenvalue weighted by Gasteiger charge is -2.21. The summed E-state index contributed by atoms with van der Waals surface area (Å²) in [7, 11) is 0. The van der Waals surface area contributed by atoms with Crippen molar-refractivity contribution in [2.75, 3.05) is 6.54 Å². The van der Waals surface area contributed by atoms with Gasteiger partial charge in [-0.05, 0) is 31.4 Å². The van der Waals surface area contributed by atoms with Gasteiger partial charge < -0.3 is 10.6 Å². The lowest BCUT2D eigenvalue weighted by atomic mass is 10.1. The van der Waals surface area contributed by atoms with Crippen LogP contribution in [0.15, 0.2) is 24.5 Å². The first-order valence-corrected chi connectivity index (χ1v) is 6.18. The highest BCUT2D eigenvalue weighted by Crippen LogP contribution is 2.15. The highest BCUT2D eigenvalue weighted by molar-refractivity contribution is 5.76. The predicted molar refractivity (Wildman–Crippen MR) is 66.4 cm³/mol. The average molecular weight is 233 g/mol. The number of carbonyl (C=O) groups is 1. The minimum Gasteiger partial charge on any atom is -0.356 e. The molecule has 0 spiro atoms. The van der Waals surface area contributed by atoms with Crippen LogP contribution in [0.25, 0.3) is 0 Å². The van der Waals surface area contributed by atoms with Crippen LogP contribution in [-0.4, -0.2) is 23.5 Å². The van der Waals surface area contributed by atoms with Crippen molar-refractivity contribution in [1.82, 2.24) is 15.6 Å². The maximum absolute atomic E-state index is 11.4. The number of nitrogens with zero attached hydrogens (tertiary/aromatic N) is 1. The molecule has 0 aromatic carbocycles. The number of carbonyl (C=O) groups excluding carboxylic acids is 1. The molecule has 1 aliphatic rings. The molecular weight excluding hydrogens is 214 g/mol. The molecule has 2 N–H and O–H groups in total. The van der Waals surface area contributed by atoms with Gasteiger partial charge in [0.1, 0.15) is 0 Å². The van der Waals surface area contributed by atoms with E-state index in [1.165, 1.54) is 0 Å². The molecule has 0 bridgehead atoms. The molecule has 4 nitrogen and oxygen atoms in total. The highest BCUT2D eigenvalue weighted by Gasteiger charge is 2.19. The molecule has 0 radical (unpaired) electrons. The maximum Gasteiger partial charge on any atom is 0.221 e. The van der Waals surface area contributed by atoms with E-state index < -0.39 is 0 Å². The Hall–Kier alpha value is -1.42. The third-order valence-electron chi connectivity index (χ3n) is 3.15. The zero-order valence-corrected chi connectivity index (χ0v) is 10.1. The van der Waals surface area contributed by atoms with Crippen molar-refractivity contribution in [3.05, 3.63) is 30.1 Å². The summed E-state index contributed by atoms with van der Waals surface area (Å²) in [4.78, 5) is 15.6. The number of hydrogen-bond acceptors (Lipinski definition) is 3. The zero-order valence-electron chi connectivity index (χ0n) is 10.1. The lowest BCUT2D eigenvalue weighted by molar-refractivity contribution is -0.121. The summed E-state index contributed by atoms with van der Waals surface area (Å²) in [6.45, 7) is 2.91. The van der Waals surface area contributed by atoms with Crippen molar-refractivity contribution in [3.8, 4) is 0 Å². The molecule has 2 unspecified atom stereocenters. The van der Waals surface area contributed by atoms with Gasteiger partial charge in [-0.25, -0.2) is 0 Å². The number of pyridine rings is 1. The van der Waals surface area contributed by atoms with Gasteiger partial charge in [-0.15, -0.1) is 0 Å². The van der Waals surface area contributed by atoms with E-state index in [0.29, 0.717) is 6.42 Å². The molecule has 1 aromatic heterocycles. The van der Waals surface area contributed by atoms with Crippen LogP contribution < -0.4 is 10.6 Å². The third-order valence-corrected chi connectivity index (χ3v) is 3.15. The quantitative estimate of drug-likeness (QED) is 0.829. The smallest absolute Gasteiger partial charge is 0.221 e. The van der Waals surface area contributed by atoms with Crippen molar-refractivity contribution in [3.63, 3.8) is 0 Å². The summed E-state index contributed by atoms with van der Waals surface area (Å²) in [5.74, 6) is 0.151. The second-order valence-electron chi connectivity index (χ2n) is 4.57. The van der Waals surface area contributed by atoms with E-state index in [-0.39, 0.29) is 18.0 Å². The predicted octanol–water partition coefficient (Wildman–Crippen LogP) is 1.40. The van der Waals surface area contributed by atoms with E-state index in [2.05, 4.69) is 28.6 Å². The van der Waals surface area contributed by atoms with Crippen LogP contribution >= 0.6 is 0 Å². The lowest BCUT2D eigenvalue weighted by Crippen LogP contribution is -2.34. The van der Waals surface area contributed by atoms with Crippen LogP contribution in [0.1, 0.15) is 37.8 Å². The Morgan fingerprint density at radius 2 is 2.47 bits per heavy atom. The first kappa shape index (κ1) is 12.0. The van der Waals surface area contributed by atoms with Crippen molar-refractivity contribution in [1.29, 1.82) is 0 Å². The third kappa shape index (κ3) is 3.53. The first-order chi connectivity index (χ1) is 8.25. The van der Waals surface area contributed by atoms with Crippen LogP contribution in [0.4, 0.5) is 0 Å². The number of aromatic nitrogens is 1. The van der Waals surface area contributed by atoms with E-state index in [1.807, 2.05) is 12.3 Å². The van der Waals surface area contributed by atoms with Crippen LogP contribution in [0, 0.1) is 0 Å². The minimum absolute atomic E-state index is 0.151. The number of hydrogen-bond donors (Lipinski definition) is 2. The van der Waals surface area contributed by atoms with E-state index >= 15 is 0 Å². The summed E-state index contributed by atoms with van der Waals surface area (Å²) < 4.78 is 0. The van der Waals surface area contributed by atoms with E-state index in [4.69, 9.17) is 0 Å². The molecule has 2 atom stereocenters. The molecule has 0 saturated carbocycles. The Morgan fingerprint density at radius 1 is 1.59 bits per heavy atom. The molecule has 1 aliphatic heterocycles. The average Bonchev–Trinajstić information content (AvgIpc) is 2.55. The van der Waals surface area contributed by atoms with Crippen molar-refractivity contribution < 1.29 is 4.79 Å². The Labute approximate surface area is 102 Å². The SMILES string of the molecule is CC(NC1CCCNC(=O)C1)c1cccnc1. The van der Waals surface area contributed by atoms with Gasteiger partial charge >= 0.3 is 0 Å². The maximum atomic E-state index is 11.4. The highest BCUT2D eigenvalue weighted by atomic mass is 16.1. The second kappa shape index (κ2) is 5.77. The zero-order chi connectivity index (χ0) is 12.1. The van der Waals surface area contributed by atoms with Crippen LogP contribution in [0.5, 0.6) is 0 Å². The molecule has 4 heteroatoms. The molecule has 2 heterocycles. The summed E-state index contributed by atoms with van der Waals surface area (Å²) in [5.41, 5.74) is 1.16. The molecule has 0 aliphatic carbocycles. The largest absolute Gasteiger partial charge is 0.356 e. The number of rotatable bonds is 3. The van der Waals surface area contributed by atoms with Crippen LogP contribution in [-0.2, 0) is 4.79 Å². The number of nitrogens with one attached hydrogen (secondary N) is 2. The van der Waals surface area contributed by atoms with Crippen molar-refractivity contribution >= 4 is 5.91 Å². The summed E-state index contributed by atoms with van der Waals surface area (Å²) in [6, 6.07) is 4.50. The Bertz CT molecular complexity index is 366. The normalized spacial score (nSPS) is 22.6. The molecule has 17 heavy (non-hydrogen) atoms. The van der Waals surface area contributed by atoms with Gasteiger partial charge in [0, 0.05) is 37.4 Å². The molecule has 2 rings (SSSR count). The molecular formula is C13H19N3O. The first-order valence-electron chi connectivity index (χ1n) is 6.18. The molecule has 92 valence electrons. The monoisotopic (exact) mass is 233 g/mol. The van der Waals surface area contributed by atoms with Gasteiger partial charge in [-0.1, -0.05) is 6.07 Å².